The van der Waals surface area contributed by atoms with Crippen LogP contribution in [0.3, 0.4) is 0 Å². The number of hydrogen-bond donors (Lipinski definition) is 2. The molecule has 0 spiro atoms. The van der Waals surface area contributed by atoms with Crippen LogP contribution in [0.5, 0.6) is 0 Å². The van der Waals surface area contributed by atoms with E-state index in [1.54, 1.807) is 26.4 Å². The molecule has 5 rings (SSSR count). The first-order valence-electron chi connectivity index (χ1n) is 16.7. The fraction of sp³-hybridized carbons (Fsp3) is 0.459. The van der Waals surface area contributed by atoms with E-state index in [9.17, 15) is 14.4 Å². The van der Waals surface area contributed by atoms with Crippen LogP contribution in [-0.2, 0) is 52.0 Å². The number of rotatable bonds is 14. The summed E-state index contributed by atoms with van der Waals surface area (Å²) < 4.78 is 27.6. The van der Waals surface area contributed by atoms with E-state index in [1.165, 1.54) is 55.5 Å². The number of nitrogens with two attached hydrogens (primary N) is 1. The van der Waals surface area contributed by atoms with Crippen molar-refractivity contribution >= 4 is 40.9 Å². The Kier molecular flexibility index (Phi) is 11.3. The van der Waals surface area contributed by atoms with Crippen LogP contribution in [-0.4, -0.2) is 74.1 Å². The molecule has 1 saturated heterocycles. The van der Waals surface area contributed by atoms with Gasteiger partial charge in [-0.3, -0.25) is 19.3 Å². The highest BCUT2D eigenvalue weighted by Gasteiger charge is 2.33. The smallest absolute Gasteiger partial charge is 0.302 e. The van der Waals surface area contributed by atoms with Gasteiger partial charge in [-0.1, -0.05) is 13.8 Å². The van der Waals surface area contributed by atoms with E-state index in [4.69, 9.17) is 15.2 Å². The number of aryl methyl sites for hydroxylation is 2. The second-order valence-electron chi connectivity index (χ2n) is 13.9. The van der Waals surface area contributed by atoms with Crippen molar-refractivity contribution < 1.29 is 23.5 Å². The number of nitrogens with zero attached hydrogens (tertiary/aromatic N) is 4. The Morgan fingerprint density at radius 2 is 2.00 bits per heavy atom. The van der Waals surface area contributed by atoms with Crippen molar-refractivity contribution in [3.63, 3.8) is 0 Å². The normalized spacial score (nSPS) is 15.9. The predicted octanol–water partition coefficient (Wildman–Crippen LogP) is 4.38. The molecule has 1 aromatic carbocycles. The molecule has 268 valence electrons. The van der Waals surface area contributed by atoms with Crippen molar-refractivity contribution in [3.8, 4) is 11.1 Å². The monoisotopic (exact) mass is 706 g/mol. The van der Waals surface area contributed by atoms with Crippen molar-refractivity contribution in [2.75, 3.05) is 45.3 Å². The summed E-state index contributed by atoms with van der Waals surface area (Å²) in [6.07, 6.45) is 6.51. The van der Waals surface area contributed by atoms with Gasteiger partial charge >= 0.3 is 5.97 Å². The number of hydrogen-bond acceptors (Lipinski definition) is 9. The van der Waals surface area contributed by atoms with E-state index in [-0.39, 0.29) is 29.2 Å². The summed E-state index contributed by atoms with van der Waals surface area (Å²) >= 11 is 1.81. The number of carbonyl (C=O) groups is 2. The molecule has 11 nitrogen and oxygen atoms in total. The first kappa shape index (κ1) is 36.9. The van der Waals surface area contributed by atoms with Gasteiger partial charge in [0.05, 0.1) is 24.9 Å². The van der Waals surface area contributed by atoms with Crippen LogP contribution >= 0.6 is 11.3 Å². The number of esters is 1. The van der Waals surface area contributed by atoms with Crippen LogP contribution in [0.15, 0.2) is 46.0 Å². The van der Waals surface area contributed by atoms with Crippen LogP contribution in [0.25, 0.3) is 11.1 Å². The van der Waals surface area contributed by atoms with Gasteiger partial charge in [-0.05, 0) is 73.5 Å². The summed E-state index contributed by atoms with van der Waals surface area (Å²) in [5.74, 6) is -1.02. The molecule has 3 heterocycles. The average molecular weight is 707 g/mol. The summed E-state index contributed by atoms with van der Waals surface area (Å²) in [5, 5.41) is 3.13. The zero-order valence-corrected chi connectivity index (χ0v) is 30.7. The van der Waals surface area contributed by atoms with Crippen LogP contribution < -0.4 is 21.5 Å². The predicted molar refractivity (Wildman–Crippen MR) is 196 cm³/mol. The first-order chi connectivity index (χ1) is 23.7. The lowest BCUT2D eigenvalue weighted by molar-refractivity contribution is -0.142. The average Bonchev–Trinajstić information content (AvgIpc) is 3.46. The summed E-state index contributed by atoms with van der Waals surface area (Å²) in [7, 11) is 5.35. The highest BCUT2D eigenvalue weighted by molar-refractivity contribution is 7.12. The van der Waals surface area contributed by atoms with Crippen molar-refractivity contribution in [2.24, 2.45) is 23.2 Å². The summed E-state index contributed by atoms with van der Waals surface area (Å²) in [5.41, 5.74) is 11.0. The number of amidine groups is 1. The highest BCUT2D eigenvalue weighted by atomic mass is 32.1. The molecule has 3 N–H and O–H groups in total. The minimum Gasteiger partial charge on any atom is -0.461 e. The van der Waals surface area contributed by atoms with Crippen LogP contribution in [0.1, 0.15) is 47.2 Å². The third kappa shape index (κ3) is 8.34. The fourth-order valence-corrected chi connectivity index (χ4v) is 8.11. The molecular formula is C37H47FN6O5S. The summed E-state index contributed by atoms with van der Waals surface area (Å²) in [6, 6.07) is 4.43. The number of nitrogens with one attached hydrogen (secondary N) is 1. The Labute approximate surface area is 296 Å². The lowest BCUT2D eigenvalue weighted by Crippen LogP contribution is -2.48. The van der Waals surface area contributed by atoms with E-state index in [0.717, 1.165) is 18.5 Å². The zero-order valence-electron chi connectivity index (χ0n) is 29.9. The van der Waals surface area contributed by atoms with Crippen molar-refractivity contribution in [1.82, 2.24) is 14.8 Å². The number of ether oxygens (including phenoxy) is 2. The molecule has 1 amide bonds. The maximum atomic E-state index is 15.5. The molecule has 1 fully saturated rings. The number of anilines is 1. The standard InChI is InChI=1S/C37H47FN6O5S/c1-22-28(30-14-37(3,4)15-34(30)50-22)8-9-44(21-45)33-12-25(38)11-29(31(33)20-49-23(2)46)24-10-32(36(47)43(7)16-24)41-35(39)13-26(40-5)17-42(6)27-18-48-19-27/h10-13,16,21,27,40H,8-9,14-15,17-20H2,1-7H3,(H2,39,41)/b26-13-. The van der Waals surface area contributed by atoms with Gasteiger partial charge in [0.25, 0.3) is 5.56 Å². The maximum Gasteiger partial charge on any atom is 0.302 e. The molecule has 50 heavy (non-hydrogen) atoms. The Balaban J connectivity index is 1.51. The number of carbonyl (C=O) groups excluding carboxylic acids is 2. The van der Waals surface area contributed by atoms with Crippen molar-refractivity contribution in [1.29, 1.82) is 0 Å². The Hall–Kier alpha value is -4.33. The Bertz CT molecular complexity index is 1890. The molecule has 3 aromatic rings. The van der Waals surface area contributed by atoms with Crippen LogP contribution in [0, 0.1) is 18.2 Å². The second kappa shape index (κ2) is 15.3. The van der Waals surface area contributed by atoms with Gasteiger partial charge in [0, 0.05) is 73.0 Å². The van der Waals surface area contributed by atoms with E-state index >= 15 is 4.39 Å². The van der Waals surface area contributed by atoms with Gasteiger partial charge in [-0.25, -0.2) is 9.38 Å². The lowest BCUT2D eigenvalue weighted by atomic mass is 9.89. The minimum atomic E-state index is -0.594. The zero-order chi connectivity index (χ0) is 36.3. The number of halogens is 1. The number of amides is 1. The Morgan fingerprint density at radius 3 is 2.64 bits per heavy atom. The maximum absolute atomic E-state index is 15.5. The number of thiophene rings is 1. The van der Waals surface area contributed by atoms with E-state index in [0.29, 0.717) is 61.9 Å². The number of aliphatic imine (C=N–C) groups is 1. The van der Waals surface area contributed by atoms with Gasteiger partial charge in [-0.15, -0.1) is 11.3 Å². The van der Waals surface area contributed by atoms with Gasteiger partial charge < -0.3 is 30.0 Å². The quantitative estimate of drug-likeness (QED) is 0.109. The van der Waals surface area contributed by atoms with Crippen molar-refractivity contribution in [2.45, 2.75) is 59.6 Å². The number of pyridine rings is 1. The third-order valence-corrected chi connectivity index (χ3v) is 10.6. The topological polar surface area (TPSA) is 131 Å². The second-order valence-corrected chi connectivity index (χ2v) is 15.2. The molecule has 0 bridgehead atoms. The number of benzene rings is 1. The van der Waals surface area contributed by atoms with E-state index < -0.39 is 17.3 Å². The SMILES string of the molecule is CN/C(=C\C(N)=Nc1cc(-c2cc(F)cc(N(C=O)CCc3c(C)sc4c3CC(C)(C)C4)c2COC(C)=O)cn(C)c1=O)CN(C)C1COC1. The molecule has 0 unspecified atom stereocenters. The van der Waals surface area contributed by atoms with Gasteiger partial charge in [0.1, 0.15) is 23.9 Å². The molecule has 1 aliphatic carbocycles. The lowest BCUT2D eigenvalue weighted by Gasteiger charge is -2.35. The number of fused-ring (bicyclic) bond motifs is 1. The molecule has 1 aliphatic heterocycles. The molecule has 0 radical (unpaired) electrons. The van der Waals surface area contributed by atoms with Gasteiger partial charge in [-0.2, -0.15) is 0 Å². The summed E-state index contributed by atoms with van der Waals surface area (Å²) in [6.45, 7) is 9.90. The van der Waals surface area contributed by atoms with E-state index in [1.807, 2.05) is 18.4 Å². The number of aromatic nitrogens is 1. The number of likely N-dealkylation sites (N-methyl/N-ethyl adjacent to an activating group) is 2. The molecule has 0 saturated carbocycles. The molecular weight excluding hydrogens is 660 g/mol. The van der Waals surface area contributed by atoms with Gasteiger partial charge in [0.2, 0.25) is 6.41 Å². The van der Waals surface area contributed by atoms with E-state index in [2.05, 4.69) is 36.0 Å². The van der Waals surface area contributed by atoms with Crippen molar-refractivity contribution in [3.05, 3.63) is 78.8 Å². The summed E-state index contributed by atoms with van der Waals surface area (Å²) in [4.78, 5) is 48.6. The fourth-order valence-electron chi connectivity index (χ4n) is 6.61. The largest absolute Gasteiger partial charge is 0.461 e. The first-order valence-corrected chi connectivity index (χ1v) is 17.5. The molecule has 2 aromatic heterocycles. The molecule has 13 heteroatoms. The van der Waals surface area contributed by atoms with Gasteiger partial charge in [0.15, 0.2) is 0 Å². The highest BCUT2D eigenvalue weighted by Crippen LogP contribution is 2.44. The van der Waals surface area contributed by atoms with Crippen LogP contribution in [0.2, 0.25) is 0 Å². The minimum absolute atomic E-state index is 0.0381. The molecule has 2 aliphatic rings. The third-order valence-electron chi connectivity index (χ3n) is 9.38. The Morgan fingerprint density at radius 1 is 1.26 bits per heavy atom. The molecule has 0 atom stereocenters. The van der Waals surface area contributed by atoms with Crippen LogP contribution in [0.4, 0.5) is 15.8 Å².